The molecule has 1 aliphatic rings. The molecule has 0 radical (unpaired) electrons. The number of thiocarbonyl (C=S) groups is 1. The van der Waals surface area contributed by atoms with E-state index in [4.69, 9.17) is 23.8 Å². The summed E-state index contributed by atoms with van der Waals surface area (Å²) in [5.41, 5.74) is 0.311. The first-order chi connectivity index (χ1) is 13.2. The van der Waals surface area contributed by atoms with Gasteiger partial charge in [-0.25, -0.2) is 18.2 Å². The van der Waals surface area contributed by atoms with Crippen LogP contribution in [0.1, 0.15) is 15.9 Å². The molecule has 144 valence electrons. The zero-order valence-electron chi connectivity index (χ0n) is 13.8. The smallest absolute Gasteiger partial charge is 0.336 e. The number of hydrazine groups is 1. The summed E-state index contributed by atoms with van der Waals surface area (Å²) >= 11 is 11.7. The summed E-state index contributed by atoms with van der Waals surface area (Å²) in [7, 11) is -4.07. The van der Waals surface area contributed by atoms with Gasteiger partial charge in [-0.1, -0.05) is 53.8 Å². The largest absolute Gasteiger partial charge is 0.478 e. The van der Waals surface area contributed by atoms with E-state index in [1.165, 1.54) is 42.5 Å². The van der Waals surface area contributed by atoms with Crippen LogP contribution in [0.15, 0.2) is 58.3 Å². The van der Waals surface area contributed by atoms with Crippen molar-refractivity contribution in [3.63, 3.8) is 0 Å². The molecule has 0 atom stereocenters. The number of benzene rings is 2. The standard InChI is InChI=1S/C17H11ClN2O5S3/c18-11-5-7-12(8-6-11)28(24,25)19-20-15(21)14(27-17(20)26)9-10-3-1-2-4-13(10)16(22)23/h1-9,19H,(H,22,23)/b14-9+. The topological polar surface area (TPSA) is 104 Å². The number of nitrogens with one attached hydrogen (secondary N) is 1. The van der Waals surface area contributed by atoms with Gasteiger partial charge in [-0.05, 0) is 42.0 Å². The van der Waals surface area contributed by atoms with Crippen LogP contribution in [0.2, 0.25) is 5.02 Å². The van der Waals surface area contributed by atoms with E-state index in [-0.39, 0.29) is 19.7 Å². The number of nitrogens with zero attached hydrogens (tertiary/aromatic N) is 1. The van der Waals surface area contributed by atoms with Gasteiger partial charge < -0.3 is 5.11 Å². The van der Waals surface area contributed by atoms with E-state index in [0.29, 0.717) is 10.6 Å². The first kappa shape index (κ1) is 20.5. The van der Waals surface area contributed by atoms with E-state index >= 15 is 0 Å². The van der Waals surface area contributed by atoms with E-state index in [2.05, 4.69) is 4.83 Å². The van der Waals surface area contributed by atoms with Crippen molar-refractivity contribution >= 4 is 67.9 Å². The number of sulfonamides is 1. The maximum atomic E-state index is 12.6. The van der Waals surface area contributed by atoms with E-state index in [1.54, 1.807) is 12.1 Å². The quantitative estimate of drug-likeness (QED) is 0.528. The summed E-state index contributed by atoms with van der Waals surface area (Å²) in [6, 6.07) is 11.5. The van der Waals surface area contributed by atoms with Gasteiger partial charge in [0, 0.05) is 5.02 Å². The monoisotopic (exact) mass is 454 g/mol. The van der Waals surface area contributed by atoms with Crippen molar-refractivity contribution in [3.8, 4) is 0 Å². The minimum atomic E-state index is -4.07. The van der Waals surface area contributed by atoms with Crippen molar-refractivity contribution in [3.05, 3.63) is 69.6 Å². The number of rotatable bonds is 5. The van der Waals surface area contributed by atoms with Crippen LogP contribution in [0.5, 0.6) is 0 Å². The number of carbonyl (C=O) groups is 2. The van der Waals surface area contributed by atoms with Crippen LogP contribution in [0, 0.1) is 0 Å². The second-order valence-electron chi connectivity index (χ2n) is 5.46. The maximum absolute atomic E-state index is 12.6. The number of hydrogen-bond acceptors (Lipinski definition) is 6. The Balaban J connectivity index is 1.88. The Morgan fingerprint density at radius 3 is 2.46 bits per heavy atom. The Morgan fingerprint density at radius 2 is 1.82 bits per heavy atom. The van der Waals surface area contributed by atoms with E-state index in [9.17, 15) is 23.1 Å². The molecule has 28 heavy (non-hydrogen) atoms. The molecule has 0 bridgehead atoms. The molecule has 1 heterocycles. The lowest BCUT2D eigenvalue weighted by Gasteiger charge is -2.16. The van der Waals surface area contributed by atoms with Gasteiger partial charge in [0.15, 0.2) is 4.32 Å². The Morgan fingerprint density at radius 1 is 1.18 bits per heavy atom. The molecule has 0 aromatic heterocycles. The summed E-state index contributed by atoms with van der Waals surface area (Å²) in [5.74, 6) is -1.85. The van der Waals surface area contributed by atoms with Gasteiger partial charge in [0.1, 0.15) is 0 Å². The van der Waals surface area contributed by atoms with Crippen molar-refractivity contribution in [2.75, 3.05) is 0 Å². The third kappa shape index (κ3) is 4.26. The molecule has 7 nitrogen and oxygen atoms in total. The lowest BCUT2D eigenvalue weighted by atomic mass is 10.1. The maximum Gasteiger partial charge on any atom is 0.336 e. The predicted molar refractivity (Wildman–Crippen MR) is 110 cm³/mol. The molecule has 1 fully saturated rings. The molecule has 2 aromatic rings. The molecular weight excluding hydrogens is 444 g/mol. The Bertz CT molecular complexity index is 1110. The lowest BCUT2D eigenvalue weighted by Crippen LogP contribution is -2.44. The number of carboxylic acids is 1. The number of thioether (sulfide) groups is 1. The molecule has 1 saturated heterocycles. The average Bonchev–Trinajstić information content (AvgIpc) is 2.89. The molecule has 3 rings (SSSR count). The SMILES string of the molecule is O=C(O)c1ccccc1/C=C1/SC(=S)N(NS(=O)(=O)c2ccc(Cl)cc2)C1=O. The average molecular weight is 455 g/mol. The first-order valence-corrected chi connectivity index (χ1v) is 10.7. The third-order valence-corrected chi connectivity index (χ3v) is 6.48. The zero-order chi connectivity index (χ0) is 20.5. The summed E-state index contributed by atoms with van der Waals surface area (Å²) in [5, 5.41) is 10.4. The van der Waals surface area contributed by atoms with Crippen LogP contribution >= 0.6 is 35.6 Å². The molecule has 0 aliphatic carbocycles. The third-order valence-electron chi connectivity index (χ3n) is 3.61. The second kappa shape index (κ2) is 8.02. The van der Waals surface area contributed by atoms with E-state index < -0.39 is 21.9 Å². The van der Waals surface area contributed by atoms with E-state index in [0.717, 1.165) is 16.8 Å². The summed E-state index contributed by atoms with van der Waals surface area (Å²) in [6.45, 7) is 0. The highest BCUT2D eigenvalue weighted by Crippen LogP contribution is 2.32. The van der Waals surface area contributed by atoms with E-state index in [1.807, 2.05) is 0 Å². The summed E-state index contributed by atoms with van der Waals surface area (Å²) in [6.07, 6.45) is 1.36. The molecule has 11 heteroatoms. The minimum absolute atomic E-state index is 0.00881. The van der Waals surface area contributed by atoms with Crippen LogP contribution in [-0.2, 0) is 14.8 Å². The highest BCUT2D eigenvalue weighted by atomic mass is 35.5. The van der Waals surface area contributed by atoms with Crippen LogP contribution < -0.4 is 4.83 Å². The molecule has 2 aromatic carbocycles. The van der Waals surface area contributed by atoms with Crippen LogP contribution in [0.3, 0.4) is 0 Å². The molecule has 0 spiro atoms. The van der Waals surface area contributed by atoms with Crippen LogP contribution in [0.25, 0.3) is 6.08 Å². The normalized spacial score (nSPS) is 16.0. The second-order valence-corrected chi connectivity index (χ2v) is 9.23. The summed E-state index contributed by atoms with van der Waals surface area (Å²) in [4.78, 5) is 26.1. The number of halogens is 1. The van der Waals surface area contributed by atoms with Gasteiger partial charge in [-0.3, -0.25) is 4.79 Å². The summed E-state index contributed by atoms with van der Waals surface area (Å²) < 4.78 is 24.9. The highest BCUT2D eigenvalue weighted by Gasteiger charge is 2.35. The Hall–Kier alpha value is -2.24. The van der Waals surface area contributed by atoms with Gasteiger partial charge >= 0.3 is 5.97 Å². The van der Waals surface area contributed by atoms with Crippen molar-refractivity contribution in [2.24, 2.45) is 0 Å². The lowest BCUT2D eigenvalue weighted by molar-refractivity contribution is -0.123. The molecule has 1 amide bonds. The van der Waals surface area contributed by atoms with Crippen molar-refractivity contribution < 1.29 is 23.1 Å². The molecular formula is C17H11ClN2O5S3. The van der Waals surface area contributed by atoms with Crippen molar-refractivity contribution in [1.29, 1.82) is 0 Å². The fourth-order valence-corrected chi connectivity index (χ4v) is 4.72. The van der Waals surface area contributed by atoms with Crippen LogP contribution in [-0.4, -0.2) is 34.7 Å². The molecule has 2 N–H and O–H groups in total. The highest BCUT2D eigenvalue weighted by molar-refractivity contribution is 8.26. The van der Waals surface area contributed by atoms with Crippen molar-refractivity contribution in [2.45, 2.75) is 4.90 Å². The number of hydrogen-bond donors (Lipinski definition) is 2. The fraction of sp³-hybridized carbons (Fsp3) is 0. The van der Waals surface area contributed by atoms with Crippen LogP contribution in [0.4, 0.5) is 0 Å². The van der Waals surface area contributed by atoms with Gasteiger partial charge in [0.05, 0.1) is 15.4 Å². The number of carbonyl (C=O) groups excluding carboxylic acids is 1. The number of amides is 1. The fourth-order valence-electron chi connectivity index (χ4n) is 2.29. The van der Waals surface area contributed by atoms with Gasteiger partial charge in [-0.2, -0.15) is 0 Å². The molecule has 1 aliphatic heterocycles. The molecule has 0 saturated carbocycles. The predicted octanol–water partition coefficient (Wildman–Crippen LogP) is 3.13. The zero-order valence-corrected chi connectivity index (χ0v) is 17.0. The Labute approximate surface area is 175 Å². The number of carboxylic acid groups (broad SMARTS) is 1. The first-order valence-electron chi connectivity index (χ1n) is 7.57. The van der Waals surface area contributed by atoms with Gasteiger partial charge in [-0.15, -0.1) is 4.83 Å². The Kier molecular flexibility index (Phi) is 5.87. The van der Waals surface area contributed by atoms with Crippen molar-refractivity contribution in [1.82, 2.24) is 9.84 Å². The van der Waals surface area contributed by atoms with Gasteiger partial charge in [0.25, 0.3) is 15.9 Å². The van der Waals surface area contributed by atoms with Gasteiger partial charge in [0.2, 0.25) is 0 Å². The minimum Gasteiger partial charge on any atom is -0.478 e. The number of aromatic carboxylic acids is 1. The molecule has 0 unspecified atom stereocenters.